The molecule has 65 heavy (non-hydrogen) atoms. The molecule has 7 fully saturated rings. The van der Waals surface area contributed by atoms with Crippen molar-refractivity contribution in [1.29, 1.82) is 0 Å². The molecule has 2 bridgehead atoms. The van der Waals surface area contributed by atoms with Crippen LogP contribution in [0.5, 0.6) is 0 Å². The van der Waals surface area contributed by atoms with Gasteiger partial charge in [0.2, 0.25) is 11.7 Å². The number of epoxide rings is 1. The second-order valence-electron chi connectivity index (χ2n) is 21.6. The van der Waals surface area contributed by atoms with Crippen molar-refractivity contribution in [3.8, 4) is 0 Å². The maximum absolute atomic E-state index is 15.1. The summed E-state index contributed by atoms with van der Waals surface area (Å²) in [5.41, 5.74) is 3.18. The second kappa shape index (κ2) is 16.4. The molecule has 0 radical (unpaired) electrons. The minimum Gasteiger partial charge on any atom is -0.460 e. The number of nitrogens with one attached hydrogen (secondary N) is 1. The summed E-state index contributed by atoms with van der Waals surface area (Å²) in [5.74, 6) is -1.69. The number of ether oxygens (including phenoxy) is 5. The quantitative estimate of drug-likeness (QED) is 0.146. The highest BCUT2D eigenvalue weighted by atomic mass is 16.8. The van der Waals surface area contributed by atoms with E-state index in [2.05, 4.69) is 56.4 Å². The number of hydrogen-bond acceptors (Lipinski definition) is 11. The summed E-state index contributed by atoms with van der Waals surface area (Å²) in [6.07, 6.45) is 5.05. The van der Waals surface area contributed by atoms with Crippen molar-refractivity contribution in [3.05, 3.63) is 113 Å². The molecule has 7 aliphatic rings. The Morgan fingerprint density at radius 3 is 2.23 bits per heavy atom. The minimum atomic E-state index is -1.50. The predicted octanol–water partition coefficient (Wildman–Crippen LogP) is 7.55. The van der Waals surface area contributed by atoms with Crippen molar-refractivity contribution in [2.75, 3.05) is 6.61 Å². The summed E-state index contributed by atoms with van der Waals surface area (Å²) >= 11 is 0. The van der Waals surface area contributed by atoms with Gasteiger partial charge in [0.15, 0.2) is 6.04 Å². The Hall–Kier alpha value is -4.43. The Bertz CT molecular complexity index is 2270. The van der Waals surface area contributed by atoms with Crippen LogP contribution in [0.2, 0.25) is 0 Å². The topological polar surface area (TPSA) is 145 Å². The van der Waals surface area contributed by atoms with E-state index in [0.717, 1.165) is 41.5 Å². The zero-order valence-corrected chi connectivity index (χ0v) is 38.5. The summed E-state index contributed by atoms with van der Waals surface area (Å²) in [6.45, 7) is 12.2. The lowest BCUT2D eigenvalue weighted by molar-refractivity contribution is -0.213. The van der Waals surface area contributed by atoms with Crippen LogP contribution in [0, 0.1) is 22.7 Å². The average molecular weight is 889 g/mol. The predicted molar refractivity (Wildman–Crippen MR) is 240 cm³/mol. The summed E-state index contributed by atoms with van der Waals surface area (Å²) < 4.78 is 32.2. The second-order valence-corrected chi connectivity index (χ2v) is 21.6. The number of allylic oxidation sites excluding steroid dienone is 1. The van der Waals surface area contributed by atoms with Crippen LogP contribution < -0.4 is 5.32 Å². The lowest BCUT2D eigenvalue weighted by atomic mass is 9.52. The fraction of sp³-hybridized carbons (Fsp3) is 0.566. The number of fused-ring (bicyclic) bond motifs is 6. The summed E-state index contributed by atoms with van der Waals surface area (Å²) in [7, 11) is 0. The third kappa shape index (κ3) is 7.95. The highest BCUT2D eigenvalue weighted by molar-refractivity contribution is 5.94. The van der Waals surface area contributed by atoms with E-state index in [-0.39, 0.29) is 31.4 Å². The van der Waals surface area contributed by atoms with Crippen molar-refractivity contribution >= 4 is 23.9 Å². The number of rotatable bonds is 11. The number of nitrogens with zero attached hydrogens (tertiary/aromatic N) is 1. The van der Waals surface area contributed by atoms with Crippen LogP contribution >= 0.6 is 0 Å². The Morgan fingerprint density at radius 1 is 0.908 bits per heavy atom. The van der Waals surface area contributed by atoms with Crippen molar-refractivity contribution in [2.45, 2.75) is 159 Å². The molecule has 0 spiro atoms. The first-order valence-corrected chi connectivity index (χ1v) is 23.7. The highest BCUT2D eigenvalue weighted by Crippen LogP contribution is 2.61. The first-order valence-electron chi connectivity index (χ1n) is 23.7. The maximum Gasteiger partial charge on any atom is 0.327 e. The van der Waals surface area contributed by atoms with Crippen LogP contribution in [0.25, 0.3) is 6.08 Å². The molecule has 10 rings (SSSR count). The van der Waals surface area contributed by atoms with Gasteiger partial charge in [-0.3, -0.25) is 19.2 Å². The van der Waals surface area contributed by atoms with Crippen LogP contribution in [0.3, 0.4) is 0 Å². The third-order valence-electron chi connectivity index (χ3n) is 15.6. The van der Waals surface area contributed by atoms with Gasteiger partial charge >= 0.3 is 11.9 Å². The van der Waals surface area contributed by atoms with Gasteiger partial charge in [0.1, 0.15) is 35.4 Å². The Balaban J connectivity index is 0.955. The van der Waals surface area contributed by atoms with E-state index in [1.807, 2.05) is 60.7 Å². The summed E-state index contributed by atoms with van der Waals surface area (Å²) in [5, 5.41) is 15.2. The first-order chi connectivity index (χ1) is 31.0. The molecule has 3 aromatic rings. The molecule has 4 aliphatic heterocycles. The zero-order valence-electron chi connectivity index (χ0n) is 38.5. The fourth-order valence-electron chi connectivity index (χ4n) is 12.2. The van der Waals surface area contributed by atoms with E-state index in [0.29, 0.717) is 23.4 Å². The molecule has 11 atom stereocenters. The van der Waals surface area contributed by atoms with Crippen LogP contribution in [0.4, 0.5) is 0 Å². The van der Waals surface area contributed by atoms with Crippen molar-refractivity contribution in [3.63, 3.8) is 0 Å². The number of aliphatic hydroxyl groups is 1. The van der Waals surface area contributed by atoms with Crippen molar-refractivity contribution in [2.24, 2.45) is 22.7 Å². The van der Waals surface area contributed by atoms with Crippen molar-refractivity contribution in [1.82, 2.24) is 10.4 Å². The van der Waals surface area contributed by atoms with Gasteiger partial charge in [0.25, 0.3) is 0 Å². The fourth-order valence-corrected chi connectivity index (χ4v) is 12.2. The first kappa shape index (κ1) is 44.4. The number of aliphatic hydroxyl groups excluding tert-OH is 1. The maximum atomic E-state index is 15.1. The number of hydrogen-bond donors (Lipinski definition) is 2. The molecule has 3 aliphatic carbocycles. The largest absolute Gasteiger partial charge is 0.460 e. The molecule has 1 amide bonds. The molecule has 2 N–H and O–H groups in total. The van der Waals surface area contributed by atoms with E-state index in [4.69, 9.17) is 28.5 Å². The summed E-state index contributed by atoms with van der Waals surface area (Å²) in [6, 6.07) is 25.7. The number of benzene rings is 3. The lowest BCUT2D eigenvalue weighted by Crippen LogP contribution is -2.70. The van der Waals surface area contributed by atoms with Gasteiger partial charge in [0, 0.05) is 24.0 Å². The van der Waals surface area contributed by atoms with E-state index in [1.165, 1.54) is 18.4 Å². The molecule has 4 heterocycles. The number of esters is 2. The minimum absolute atomic E-state index is 0.0193. The van der Waals surface area contributed by atoms with E-state index in [9.17, 15) is 14.7 Å². The van der Waals surface area contributed by atoms with Gasteiger partial charge in [-0.05, 0) is 94.6 Å². The molecule has 346 valence electrons. The number of amides is 1. The lowest BCUT2D eigenvalue weighted by Gasteiger charge is -2.53. The molecule has 3 aromatic carbocycles. The molecule has 3 saturated carbocycles. The Labute approximate surface area is 382 Å². The number of hydroxylamine groups is 2. The number of carbonyl (C=O) groups is 3. The van der Waals surface area contributed by atoms with Gasteiger partial charge in [-0.15, -0.1) is 0 Å². The van der Waals surface area contributed by atoms with Gasteiger partial charge in [-0.25, -0.2) is 0 Å². The standard InChI is InChI=1S/C53H64N2O10/c1-49(2,3)62-42(57)24-22-37(31-56)54-48(59)52-29-40-43-44(64-53(63-43,35-13-9-7-10-14-35)36-15-11-8-12-16-36)46(52)65-55(45(52)47(58)60-40)30-33-19-17-32(18-20-33)27-34-21-23-41-51(6,61-41)26-25-39-38(34)28-50(39,4)5/h7-20,27,37-41,43-46,56H,21-26,28-31H2,1-6H3,(H,54,59)/t37-,38+,39+,40+,41?,43-,44-,45-,46+,51+,52-/m0/s1. The monoisotopic (exact) mass is 888 g/mol. The van der Waals surface area contributed by atoms with Crippen LogP contribution in [0.1, 0.15) is 115 Å². The average Bonchev–Trinajstić information content (AvgIpc) is 3.55. The Morgan fingerprint density at radius 2 is 1.58 bits per heavy atom. The van der Waals surface area contributed by atoms with E-state index in [1.54, 1.807) is 25.8 Å². The van der Waals surface area contributed by atoms with E-state index >= 15 is 4.79 Å². The highest BCUT2D eigenvalue weighted by Gasteiger charge is 2.76. The molecular formula is C53H64N2O10. The van der Waals surface area contributed by atoms with Crippen LogP contribution in [-0.4, -0.2) is 88.4 Å². The van der Waals surface area contributed by atoms with Crippen LogP contribution in [0.15, 0.2) is 90.5 Å². The van der Waals surface area contributed by atoms with Gasteiger partial charge < -0.3 is 34.1 Å². The Kier molecular flexibility index (Phi) is 11.2. The molecule has 1 unspecified atom stereocenters. The smallest absolute Gasteiger partial charge is 0.327 e. The van der Waals surface area contributed by atoms with Gasteiger partial charge in [-0.2, -0.15) is 5.06 Å². The van der Waals surface area contributed by atoms with Crippen molar-refractivity contribution < 1.29 is 48.0 Å². The zero-order chi connectivity index (χ0) is 45.5. The molecule has 4 saturated heterocycles. The van der Waals surface area contributed by atoms with Crippen LogP contribution in [-0.2, 0) is 55.2 Å². The SMILES string of the molecule is CC(C)(C)OC(=O)CC[C@@H](CO)NC(=O)[C@@]12C[C@H]3OC(=O)[C@@H]1N(Cc1ccc(C=C4CCC5O[C@]5(C)CC[C@@H]5[C@@H]4CC5(C)C)cc1)O[C@@H]2[C@H]1OC(c2ccccc2)(c2ccccc2)O[C@H]13. The molecule has 12 nitrogen and oxygen atoms in total. The normalized spacial score (nSPS) is 35.2. The van der Waals surface area contributed by atoms with Gasteiger partial charge in [0.05, 0.1) is 30.9 Å². The van der Waals surface area contributed by atoms with E-state index < -0.39 is 77.8 Å². The molecule has 0 aromatic heterocycles. The number of carbonyl (C=O) groups excluding carboxylic acids is 3. The third-order valence-corrected chi connectivity index (χ3v) is 15.6. The molecule has 12 heteroatoms. The summed E-state index contributed by atoms with van der Waals surface area (Å²) in [4.78, 5) is 49.3. The molecular weight excluding hydrogens is 825 g/mol. The van der Waals surface area contributed by atoms with Gasteiger partial charge in [-0.1, -0.05) is 110 Å².